The third-order valence-corrected chi connectivity index (χ3v) is 5.04. The smallest absolute Gasteiger partial charge is 0.0702 e. The number of rotatable bonds is 3. The lowest BCUT2D eigenvalue weighted by atomic mass is 9.65. The lowest BCUT2D eigenvalue weighted by molar-refractivity contribution is 0.161. The number of benzene rings is 1. The van der Waals surface area contributed by atoms with Gasteiger partial charge < -0.3 is 5.32 Å². The zero-order chi connectivity index (χ0) is 14.9. The number of pyridine rings is 1. The zero-order valence-electron chi connectivity index (χ0n) is 13.4. The van der Waals surface area contributed by atoms with Crippen LogP contribution in [0.5, 0.6) is 0 Å². The Morgan fingerprint density at radius 1 is 1.29 bits per heavy atom. The fraction of sp³-hybridized carbons (Fsp3) is 0.526. The third-order valence-electron chi connectivity index (χ3n) is 5.04. The Morgan fingerprint density at radius 2 is 2.10 bits per heavy atom. The molecule has 1 N–H and O–H groups in total. The molecule has 0 spiro atoms. The molecule has 2 heteroatoms. The SMILES string of the molecule is CNCC1CCC(C)(C)CC1c1cnc2ccccc2c1. The minimum Gasteiger partial charge on any atom is -0.319 e. The normalized spacial score (nSPS) is 25.1. The number of hydrogen-bond acceptors (Lipinski definition) is 2. The summed E-state index contributed by atoms with van der Waals surface area (Å²) in [6, 6.07) is 10.8. The average Bonchev–Trinajstić information content (AvgIpc) is 2.48. The second-order valence-corrected chi connectivity index (χ2v) is 7.29. The van der Waals surface area contributed by atoms with Gasteiger partial charge in [0.25, 0.3) is 0 Å². The number of hydrogen-bond donors (Lipinski definition) is 1. The number of fused-ring (bicyclic) bond motifs is 1. The highest BCUT2D eigenvalue weighted by molar-refractivity contribution is 5.78. The van der Waals surface area contributed by atoms with Crippen molar-refractivity contribution < 1.29 is 0 Å². The van der Waals surface area contributed by atoms with E-state index in [4.69, 9.17) is 0 Å². The molecule has 2 nitrogen and oxygen atoms in total. The van der Waals surface area contributed by atoms with E-state index < -0.39 is 0 Å². The van der Waals surface area contributed by atoms with Crippen molar-refractivity contribution >= 4 is 10.9 Å². The summed E-state index contributed by atoms with van der Waals surface area (Å²) in [6.45, 7) is 5.92. The van der Waals surface area contributed by atoms with Gasteiger partial charge in [0, 0.05) is 11.6 Å². The van der Waals surface area contributed by atoms with Gasteiger partial charge in [-0.25, -0.2) is 0 Å². The summed E-state index contributed by atoms with van der Waals surface area (Å²) in [4.78, 5) is 4.68. The molecule has 112 valence electrons. The van der Waals surface area contributed by atoms with Crippen molar-refractivity contribution in [3.63, 3.8) is 0 Å². The second kappa shape index (κ2) is 5.76. The van der Waals surface area contributed by atoms with Gasteiger partial charge in [0.2, 0.25) is 0 Å². The van der Waals surface area contributed by atoms with Crippen LogP contribution in [0.15, 0.2) is 36.5 Å². The van der Waals surface area contributed by atoms with Crippen LogP contribution >= 0.6 is 0 Å². The van der Waals surface area contributed by atoms with Crippen molar-refractivity contribution in [1.82, 2.24) is 10.3 Å². The Hall–Kier alpha value is -1.41. The van der Waals surface area contributed by atoms with E-state index in [1.807, 2.05) is 0 Å². The summed E-state index contributed by atoms with van der Waals surface area (Å²) in [6.07, 6.45) is 6.01. The molecule has 2 atom stereocenters. The quantitative estimate of drug-likeness (QED) is 0.904. The highest BCUT2D eigenvalue weighted by Gasteiger charge is 2.35. The zero-order valence-corrected chi connectivity index (χ0v) is 13.4. The van der Waals surface area contributed by atoms with Gasteiger partial charge in [0.05, 0.1) is 5.52 Å². The first kappa shape index (κ1) is 14.5. The number of aromatic nitrogens is 1. The van der Waals surface area contributed by atoms with Crippen LogP contribution in [0.2, 0.25) is 0 Å². The predicted molar refractivity (Wildman–Crippen MR) is 89.5 cm³/mol. The van der Waals surface area contributed by atoms with Gasteiger partial charge in [0.1, 0.15) is 0 Å². The molecule has 0 saturated heterocycles. The van der Waals surface area contributed by atoms with Crippen LogP contribution < -0.4 is 5.32 Å². The van der Waals surface area contributed by atoms with Crippen LogP contribution in [0.1, 0.15) is 44.6 Å². The molecule has 1 aliphatic rings. The standard InChI is InChI=1S/C19H26N2/c1-19(2)9-8-15(12-20-3)17(11-19)16-10-14-6-4-5-7-18(14)21-13-16/h4-7,10,13,15,17,20H,8-9,11-12H2,1-3H3. The van der Waals surface area contributed by atoms with Crippen molar-refractivity contribution in [2.45, 2.75) is 39.0 Å². The monoisotopic (exact) mass is 282 g/mol. The Labute approximate surface area is 128 Å². The molecule has 2 unspecified atom stereocenters. The summed E-state index contributed by atoms with van der Waals surface area (Å²) in [5.41, 5.74) is 2.96. The molecule has 0 aliphatic heterocycles. The molecule has 0 bridgehead atoms. The maximum absolute atomic E-state index is 4.68. The maximum Gasteiger partial charge on any atom is 0.0702 e. The Balaban J connectivity index is 1.96. The van der Waals surface area contributed by atoms with Crippen molar-refractivity contribution in [3.8, 4) is 0 Å². The lowest BCUT2D eigenvalue weighted by Crippen LogP contribution is -2.33. The van der Waals surface area contributed by atoms with Gasteiger partial charge in [-0.2, -0.15) is 0 Å². The molecule has 21 heavy (non-hydrogen) atoms. The molecular weight excluding hydrogens is 256 g/mol. The molecule has 2 aromatic rings. The Bertz CT molecular complexity index is 618. The molecule has 0 amide bonds. The van der Waals surface area contributed by atoms with Gasteiger partial charge in [0.15, 0.2) is 0 Å². The third kappa shape index (κ3) is 3.11. The molecule has 1 aromatic heterocycles. The number of nitrogens with one attached hydrogen (secondary N) is 1. The Kier molecular flexibility index (Phi) is 3.99. The van der Waals surface area contributed by atoms with Crippen molar-refractivity contribution in [3.05, 3.63) is 42.1 Å². The number of nitrogens with zero attached hydrogens (tertiary/aromatic N) is 1. The summed E-state index contributed by atoms with van der Waals surface area (Å²) in [7, 11) is 2.06. The van der Waals surface area contributed by atoms with E-state index in [-0.39, 0.29) is 0 Å². The molecule has 3 rings (SSSR count). The minimum absolute atomic E-state index is 0.445. The first-order chi connectivity index (χ1) is 10.1. The number of para-hydroxylation sites is 1. The van der Waals surface area contributed by atoms with Gasteiger partial charge >= 0.3 is 0 Å². The van der Waals surface area contributed by atoms with E-state index in [1.54, 1.807) is 0 Å². The van der Waals surface area contributed by atoms with Crippen molar-refractivity contribution in [1.29, 1.82) is 0 Å². The van der Waals surface area contributed by atoms with Crippen molar-refractivity contribution in [2.24, 2.45) is 11.3 Å². The highest BCUT2D eigenvalue weighted by atomic mass is 14.8. The minimum atomic E-state index is 0.445. The molecular formula is C19H26N2. The van der Waals surface area contributed by atoms with Crippen LogP contribution in [0.3, 0.4) is 0 Å². The van der Waals surface area contributed by atoms with Crippen molar-refractivity contribution in [2.75, 3.05) is 13.6 Å². The molecule has 1 heterocycles. The topological polar surface area (TPSA) is 24.9 Å². The van der Waals surface area contributed by atoms with Gasteiger partial charge in [-0.3, -0.25) is 4.98 Å². The molecule has 1 aliphatic carbocycles. The largest absolute Gasteiger partial charge is 0.319 e. The fourth-order valence-electron chi connectivity index (χ4n) is 3.83. The molecule has 1 saturated carbocycles. The van der Waals surface area contributed by atoms with Gasteiger partial charge in [-0.1, -0.05) is 32.0 Å². The molecule has 1 aromatic carbocycles. The van der Waals surface area contributed by atoms with E-state index in [1.165, 1.54) is 30.2 Å². The van der Waals surface area contributed by atoms with Crippen LogP contribution in [0.25, 0.3) is 10.9 Å². The van der Waals surface area contributed by atoms with Crippen LogP contribution in [-0.2, 0) is 0 Å². The lowest BCUT2D eigenvalue weighted by Gasteiger charge is -2.41. The summed E-state index contributed by atoms with van der Waals surface area (Å²) in [5.74, 6) is 1.35. The predicted octanol–water partition coefficient (Wildman–Crippen LogP) is 4.36. The van der Waals surface area contributed by atoms with Gasteiger partial charge in [-0.05, 0) is 67.8 Å². The maximum atomic E-state index is 4.68. The second-order valence-electron chi connectivity index (χ2n) is 7.29. The van der Waals surface area contributed by atoms with Gasteiger partial charge in [-0.15, -0.1) is 0 Å². The fourth-order valence-corrected chi connectivity index (χ4v) is 3.83. The van der Waals surface area contributed by atoms with Crippen LogP contribution in [-0.4, -0.2) is 18.6 Å². The van der Waals surface area contributed by atoms with E-state index in [0.717, 1.165) is 18.0 Å². The van der Waals surface area contributed by atoms with E-state index in [2.05, 4.69) is 67.7 Å². The highest BCUT2D eigenvalue weighted by Crippen LogP contribution is 2.46. The first-order valence-electron chi connectivity index (χ1n) is 8.08. The molecule has 0 radical (unpaired) electrons. The summed E-state index contributed by atoms with van der Waals surface area (Å²) < 4.78 is 0. The molecule has 1 fully saturated rings. The van der Waals surface area contributed by atoms with E-state index in [9.17, 15) is 0 Å². The van der Waals surface area contributed by atoms with Crippen LogP contribution in [0, 0.1) is 11.3 Å². The van der Waals surface area contributed by atoms with E-state index >= 15 is 0 Å². The van der Waals surface area contributed by atoms with E-state index in [0.29, 0.717) is 11.3 Å². The summed E-state index contributed by atoms with van der Waals surface area (Å²) >= 11 is 0. The average molecular weight is 282 g/mol. The Morgan fingerprint density at radius 3 is 2.90 bits per heavy atom. The van der Waals surface area contributed by atoms with Crippen LogP contribution in [0.4, 0.5) is 0 Å². The summed E-state index contributed by atoms with van der Waals surface area (Å²) in [5, 5.41) is 4.65. The first-order valence-corrected chi connectivity index (χ1v) is 8.08.